The Morgan fingerprint density at radius 2 is 1.67 bits per heavy atom. The molecule has 0 saturated carbocycles. The van der Waals surface area contributed by atoms with Gasteiger partial charge in [-0.25, -0.2) is 0 Å². The second kappa shape index (κ2) is 7.41. The van der Waals surface area contributed by atoms with Crippen molar-refractivity contribution in [2.45, 2.75) is 13.8 Å². The monoisotopic (exact) mass is 326 g/mol. The number of methoxy groups -OCH3 is 1. The summed E-state index contributed by atoms with van der Waals surface area (Å²) in [7, 11) is 1.48. The zero-order valence-electron chi connectivity index (χ0n) is 13.7. The van der Waals surface area contributed by atoms with Crippen LogP contribution in [0.4, 0.5) is 11.4 Å². The summed E-state index contributed by atoms with van der Waals surface area (Å²) in [6, 6.07) is 11.4. The van der Waals surface area contributed by atoms with Crippen molar-refractivity contribution in [3.63, 3.8) is 0 Å². The highest BCUT2D eigenvalue weighted by Crippen LogP contribution is 2.26. The van der Waals surface area contributed by atoms with Crippen molar-refractivity contribution in [3.8, 4) is 5.75 Å². The number of hydrogen-bond donors (Lipinski definition) is 2. The van der Waals surface area contributed by atoms with E-state index in [1.807, 2.05) is 0 Å². The molecule has 0 bridgehead atoms. The van der Waals surface area contributed by atoms with Crippen molar-refractivity contribution in [1.29, 1.82) is 0 Å². The predicted molar refractivity (Wildman–Crippen MR) is 91.7 cm³/mol. The van der Waals surface area contributed by atoms with Crippen LogP contribution in [0.15, 0.2) is 42.5 Å². The van der Waals surface area contributed by atoms with Crippen LogP contribution in [0.2, 0.25) is 0 Å². The molecule has 0 fully saturated rings. The Bertz CT molecular complexity index is 799. The number of ether oxygens (including phenoxy) is 1. The third-order valence-electron chi connectivity index (χ3n) is 3.30. The van der Waals surface area contributed by atoms with Crippen molar-refractivity contribution in [2.24, 2.45) is 0 Å². The number of carbonyl (C=O) groups excluding carboxylic acids is 3. The fourth-order valence-electron chi connectivity index (χ4n) is 2.16. The molecule has 0 aliphatic rings. The molecule has 2 aromatic rings. The van der Waals surface area contributed by atoms with E-state index >= 15 is 0 Å². The smallest absolute Gasteiger partial charge is 0.255 e. The molecule has 2 aromatic carbocycles. The molecule has 6 nitrogen and oxygen atoms in total. The van der Waals surface area contributed by atoms with Crippen LogP contribution >= 0.6 is 0 Å². The fraction of sp³-hybridized carbons (Fsp3) is 0.167. The van der Waals surface area contributed by atoms with Gasteiger partial charge in [0.25, 0.3) is 5.91 Å². The molecule has 24 heavy (non-hydrogen) atoms. The van der Waals surface area contributed by atoms with Gasteiger partial charge >= 0.3 is 0 Å². The van der Waals surface area contributed by atoms with Crippen LogP contribution in [-0.4, -0.2) is 24.7 Å². The molecule has 0 aromatic heterocycles. The van der Waals surface area contributed by atoms with Gasteiger partial charge in [-0.1, -0.05) is 12.1 Å². The van der Waals surface area contributed by atoms with E-state index in [2.05, 4.69) is 10.6 Å². The number of ketones is 1. The molecule has 2 rings (SSSR count). The topological polar surface area (TPSA) is 84.5 Å². The first-order valence-corrected chi connectivity index (χ1v) is 7.28. The van der Waals surface area contributed by atoms with Gasteiger partial charge in [-0.3, -0.25) is 14.4 Å². The quantitative estimate of drug-likeness (QED) is 0.827. The van der Waals surface area contributed by atoms with Crippen molar-refractivity contribution >= 4 is 29.0 Å². The average molecular weight is 326 g/mol. The molecule has 0 aliphatic carbocycles. The SMILES string of the molecule is COc1ccc(C(=O)Nc2cccc(C(C)=O)c2)cc1NC(C)=O. The molecule has 2 amide bonds. The van der Waals surface area contributed by atoms with E-state index in [1.165, 1.54) is 27.0 Å². The van der Waals surface area contributed by atoms with Crippen molar-refractivity contribution in [1.82, 2.24) is 0 Å². The highest BCUT2D eigenvalue weighted by Gasteiger charge is 2.12. The number of carbonyl (C=O) groups is 3. The minimum atomic E-state index is -0.357. The lowest BCUT2D eigenvalue weighted by Gasteiger charge is -2.11. The molecule has 2 N–H and O–H groups in total. The number of benzene rings is 2. The van der Waals surface area contributed by atoms with Crippen LogP contribution in [0.3, 0.4) is 0 Å². The largest absolute Gasteiger partial charge is 0.495 e. The second-order valence-corrected chi connectivity index (χ2v) is 5.19. The van der Waals surface area contributed by atoms with E-state index in [9.17, 15) is 14.4 Å². The third-order valence-corrected chi connectivity index (χ3v) is 3.30. The zero-order valence-corrected chi connectivity index (χ0v) is 13.7. The Morgan fingerprint density at radius 1 is 0.917 bits per heavy atom. The van der Waals surface area contributed by atoms with Gasteiger partial charge in [-0.15, -0.1) is 0 Å². The Morgan fingerprint density at radius 3 is 2.29 bits per heavy atom. The van der Waals surface area contributed by atoms with Crippen molar-refractivity contribution < 1.29 is 19.1 Å². The van der Waals surface area contributed by atoms with Gasteiger partial charge in [0.15, 0.2) is 5.78 Å². The predicted octanol–water partition coefficient (Wildman–Crippen LogP) is 3.11. The molecule has 0 atom stereocenters. The van der Waals surface area contributed by atoms with Crippen LogP contribution in [0.1, 0.15) is 34.6 Å². The van der Waals surface area contributed by atoms with Crippen LogP contribution in [0.5, 0.6) is 5.75 Å². The molecule has 0 heterocycles. The van der Waals surface area contributed by atoms with E-state index in [0.717, 1.165) is 0 Å². The van der Waals surface area contributed by atoms with E-state index in [4.69, 9.17) is 4.74 Å². The van der Waals surface area contributed by atoms with Crippen LogP contribution in [0.25, 0.3) is 0 Å². The summed E-state index contributed by atoms with van der Waals surface area (Å²) < 4.78 is 5.16. The Kier molecular flexibility index (Phi) is 5.31. The molecule has 0 unspecified atom stereocenters. The normalized spacial score (nSPS) is 9.96. The molecular weight excluding hydrogens is 308 g/mol. The summed E-state index contributed by atoms with van der Waals surface area (Å²) in [5.41, 5.74) is 1.80. The van der Waals surface area contributed by atoms with Gasteiger partial charge in [-0.2, -0.15) is 0 Å². The van der Waals surface area contributed by atoms with Gasteiger partial charge in [0, 0.05) is 23.7 Å². The molecular formula is C18H18N2O4. The first kappa shape index (κ1) is 17.2. The maximum absolute atomic E-state index is 12.4. The van der Waals surface area contributed by atoms with Gasteiger partial charge < -0.3 is 15.4 Å². The third kappa shape index (κ3) is 4.19. The fourth-order valence-corrected chi connectivity index (χ4v) is 2.16. The maximum Gasteiger partial charge on any atom is 0.255 e. The minimum absolute atomic E-state index is 0.0801. The summed E-state index contributed by atoms with van der Waals surface area (Å²) >= 11 is 0. The first-order chi connectivity index (χ1) is 11.4. The number of nitrogens with one attached hydrogen (secondary N) is 2. The Balaban J connectivity index is 2.25. The number of amides is 2. The van der Waals surface area contributed by atoms with Crippen molar-refractivity contribution in [2.75, 3.05) is 17.7 Å². The molecule has 6 heteroatoms. The molecule has 0 aliphatic heterocycles. The Labute approximate surface area is 139 Å². The van der Waals surface area contributed by atoms with E-state index < -0.39 is 0 Å². The van der Waals surface area contributed by atoms with E-state index in [1.54, 1.807) is 36.4 Å². The highest BCUT2D eigenvalue weighted by molar-refractivity contribution is 6.06. The average Bonchev–Trinajstić information content (AvgIpc) is 2.54. The summed E-state index contributed by atoms with van der Waals surface area (Å²) in [6.45, 7) is 2.84. The maximum atomic E-state index is 12.4. The van der Waals surface area contributed by atoms with Gasteiger partial charge in [0.2, 0.25) is 5.91 Å². The van der Waals surface area contributed by atoms with Crippen LogP contribution in [0, 0.1) is 0 Å². The summed E-state index contributed by atoms with van der Waals surface area (Å²) in [5.74, 6) is -0.242. The van der Waals surface area contributed by atoms with Gasteiger partial charge in [0.1, 0.15) is 5.75 Å². The number of Topliss-reactive ketones (excluding diaryl/α,β-unsaturated/α-hetero) is 1. The van der Waals surface area contributed by atoms with Gasteiger partial charge in [-0.05, 0) is 37.3 Å². The standard InChI is InChI=1S/C18H18N2O4/c1-11(21)13-5-4-6-15(9-13)20-18(23)14-7-8-17(24-3)16(10-14)19-12(2)22/h4-10H,1-3H3,(H,19,22)(H,20,23). The number of anilines is 2. The highest BCUT2D eigenvalue weighted by atomic mass is 16.5. The molecule has 0 spiro atoms. The van der Waals surface area contributed by atoms with E-state index in [-0.39, 0.29) is 17.6 Å². The summed E-state index contributed by atoms with van der Waals surface area (Å²) in [5, 5.41) is 5.35. The lowest BCUT2D eigenvalue weighted by Crippen LogP contribution is -2.14. The molecule has 0 saturated heterocycles. The van der Waals surface area contributed by atoms with E-state index in [0.29, 0.717) is 28.3 Å². The summed E-state index contributed by atoms with van der Waals surface area (Å²) in [4.78, 5) is 35.0. The van der Waals surface area contributed by atoms with Crippen LogP contribution in [-0.2, 0) is 4.79 Å². The minimum Gasteiger partial charge on any atom is -0.495 e. The molecule has 0 radical (unpaired) electrons. The van der Waals surface area contributed by atoms with Gasteiger partial charge in [0.05, 0.1) is 12.8 Å². The zero-order chi connectivity index (χ0) is 17.7. The summed E-state index contributed by atoms with van der Waals surface area (Å²) in [6.07, 6.45) is 0. The van der Waals surface area contributed by atoms with Crippen molar-refractivity contribution in [3.05, 3.63) is 53.6 Å². The van der Waals surface area contributed by atoms with Crippen LogP contribution < -0.4 is 15.4 Å². The lowest BCUT2D eigenvalue weighted by atomic mass is 10.1. The molecule has 124 valence electrons. The number of hydrogen-bond acceptors (Lipinski definition) is 4. The lowest BCUT2D eigenvalue weighted by molar-refractivity contribution is -0.114. The second-order valence-electron chi connectivity index (χ2n) is 5.19. The first-order valence-electron chi connectivity index (χ1n) is 7.28. The number of rotatable bonds is 5. The Hall–Kier alpha value is -3.15.